The highest BCUT2D eigenvalue weighted by atomic mass is 32.2. The Morgan fingerprint density at radius 2 is 1.85 bits per heavy atom. The molecular weight excluding hydrogens is 555 g/mol. The van der Waals surface area contributed by atoms with Gasteiger partial charge in [-0.1, -0.05) is 65.1 Å². The molecule has 0 saturated carbocycles. The van der Waals surface area contributed by atoms with Crippen LogP contribution in [0.2, 0.25) is 0 Å². The molecule has 4 aromatic rings. The van der Waals surface area contributed by atoms with Crippen LogP contribution in [-0.2, 0) is 15.3 Å². The number of aryl methyl sites for hydroxylation is 2. The second kappa shape index (κ2) is 11.0. The third kappa shape index (κ3) is 5.23. The van der Waals surface area contributed by atoms with E-state index in [1.165, 1.54) is 42.1 Å². The van der Waals surface area contributed by atoms with Gasteiger partial charge in [0.25, 0.3) is 11.5 Å². The van der Waals surface area contributed by atoms with Crippen molar-refractivity contribution < 1.29 is 24.0 Å². The first-order chi connectivity index (χ1) is 19.1. The second-order valence-corrected chi connectivity index (χ2v) is 11.3. The van der Waals surface area contributed by atoms with Crippen molar-refractivity contribution in [2.45, 2.75) is 30.0 Å². The molecule has 3 aromatic carbocycles. The number of hydrogen-bond acceptors (Lipinski definition) is 9. The average Bonchev–Trinajstić information content (AvgIpc) is 3.51. The number of nitro benzene ring substituents is 1. The number of halogens is 1. The largest absolute Gasteiger partial charge is 0.507 e. The number of nitro groups is 1. The van der Waals surface area contributed by atoms with Gasteiger partial charge >= 0.3 is 5.91 Å². The monoisotopic (exact) mass is 576 g/mol. The highest BCUT2D eigenvalue weighted by Crippen LogP contribution is 2.45. The number of thioether (sulfide) groups is 1. The number of benzene rings is 3. The predicted octanol–water partition coefficient (Wildman–Crippen LogP) is 6.12. The molecular formula is C28H21FN4O5S2. The third-order valence-electron chi connectivity index (χ3n) is 6.37. The van der Waals surface area contributed by atoms with Crippen LogP contribution in [0, 0.1) is 29.8 Å². The van der Waals surface area contributed by atoms with Crippen molar-refractivity contribution in [3.8, 4) is 0 Å². The number of aliphatic hydroxyl groups excluding tert-OH is 1. The fourth-order valence-electron chi connectivity index (χ4n) is 4.37. The first-order valence-electron chi connectivity index (χ1n) is 12.0. The quantitative estimate of drug-likeness (QED) is 0.0530. The zero-order valence-electron chi connectivity index (χ0n) is 21.2. The average molecular weight is 577 g/mol. The summed E-state index contributed by atoms with van der Waals surface area (Å²) in [5.41, 5.74) is 2.58. The molecule has 1 N–H and O–H groups in total. The molecule has 1 amide bonds. The van der Waals surface area contributed by atoms with Crippen LogP contribution < -0.4 is 4.90 Å². The molecule has 1 atom stereocenters. The standard InChI is InChI=1S/C28H21FN4O5S2/c1-15-6-7-16(2)21(12-15)24(34)22-23(18-4-3-5-20(13-18)33(37)38)32(26(36)25(22)35)27-30-31-28(40-27)39-14-17-8-10-19(29)11-9-17/h3-13,23,34H,14H2,1-2H3/b24-22+. The van der Waals surface area contributed by atoms with Crippen LogP contribution in [0.5, 0.6) is 0 Å². The molecule has 40 heavy (non-hydrogen) atoms. The Morgan fingerprint density at radius 1 is 1.10 bits per heavy atom. The number of rotatable bonds is 7. The number of nitrogens with zero attached hydrogens (tertiary/aromatic N) is 4. The maximum atomic E-state index is 13.4. The molecule has 2 heterocycles. The van der Waals surface area contributed by atoms with Crippen molar-refractivity contribution in [3.05, 3.63) is 116 Å². The van der Waals surface area contributed by atoms with Gasteiger partial charge in [0.2, 0.25) is 5.13 Å². The van der Waals surface area contributed by atoms with Crippen LogP contribution in [0.1, 0.15) is 33.9 Å². The van der Waals surface area contributed by atoms with Gasteiger partial charge in [0.1, 0.15) is 11.6 Å². The molecule has 0 aliphatic carbocycles. The second-order valence-electron chi connectivity index (χ2n) is 9.11. The third-order valence-corrected chi connectivity index (χ3v) is 8.49. The van der Waals surface area contributed by atoms with E-state index < -0.39 is 22.7 Å². The van der Waals surface area contributed by atoms with Crippen molar-refractivity contribution >= 4 is 51.4 Å². The molecule has 0 radical (unpaired) electrons. The van der Waals surface area contributed by atoms with E-state index in [9.17, 15) is 29.2 Å². The van der Waals surface area contributed by atoms with E-state index >= 15 is 0 Å². The number of ketones is 1. The first kappa shape index (κ1) is 27.2. The molecule has 5 rings (SSSR count). The summed E-state index contributed by atoms with van der Waals surface area (Å²) in [5, 5.41) is 31.3. The van der Waals surface area contributed by atoms with Gasteiger partial charge in [-0.25, -0.2) is 4.39 Å². The maximum absolute atomic E-state index is 13.4. The van der Waals surface area contributed by atoms with E-state index in [2.05, 4.69) is 10.2 Å². The van der Waals surface area contributed by atoms with Gasteiger partial charge in [-0.3, -0.25) is 24.6 Å². The highest BCUT2D eigenvalue weighted by Gasteiger charge is 2.48. The van der Waals surface area contributed by atoms with Gasteiger partial charge in [-0.05, 0) is 48.7 Å². The summed E-state index contributed by atoms with van der Waals surface area (Å²) in [4.78, 5) is 38.9. The molecule has 0 spiro atoms. The fraction of sp³-hybridized carbons (Fsp3) is 0.143. The Balaban J connectivity index is 1.59. The van der Waals surface area contributed by atoms with Crippen LogP contribution in [0.15, 0.2) is 76.6 Å². The van der Waals surface area contributed by atoms with Crippen LogP contribution in [0.25, 0.3) is 5.76 Å². The van der Waals surface area contributed by atoms with Crippen molar-refractivity contribution in [2.75, 3.05) is 4.90 Å². The zero-order chi connectivity index (χ0) is 28.6. The van der Waals surface area contributed by atoms with Gasteiger partial charge in [0.05, 0.1) is 16.5 Å². The minimum Gasteiger partial charge on any atom is -0.507 e. The number of anilines is 1. The smallest absolute Gasteiger partial charge is 0.301 e. The number of carbonyl (C=O) groups excluding carboxylic acids is 2. The van der Waals surface area contributed by atoms with Crippen molar-refractivity contribution in [1.82, 2.24) is 10.2 Å². The van der Waals surface area contributed by atoms with Crippen molar-refractivity contribution in [3.63, 3.8) is 0 Å². The number of aromatic nitrogens is 2. The zero-order valence-corrected chi connectivity index (χ0v) is 22.8. The summed E-state index contributed by atoms with van der Waals surface area (Å²) in [6.45, 7) is 3.60. The number of aliphatic hydroxyl groups is 1. The molecule has 1 aromatic heterocycles. The highest BCUT2D eigenvalue weighted by molar-refractivity contribution is 8.00. The number of hydrogen-bond donors (Lipinski definition) is 1. The van der Waals surface area contributed by atoms with Gasteiger partial charge in [0.15, 0.2) is 4.34 Å². The molecule has 9 nitrogen and oxygen atoms in total. The molecule has 202 valence electrons. The molecule has 1 aliphatic heterocycles. The first-order valence-corrected chi connectivity index (χ1v) is 13.8. The van der Waals surface area contributed by atoms with E-state index in [-0.39, 0.29) is 33.5 Å². The number of Topliss-reactive ketones (excluding diaryl/α,β-unsaturated/α-hetero) is 1. The lowest BCUT2D eigenvalue weighted by atomic mass is 9.93. The van der Waals surface area contributed by atoms with Gasteiger partial charge in [-0.2, -0.15) is 0 Å². The molecule has 1 unspecified atom stereocenters. The lowest BCUT2D eigenvalue weighted by molar-refractivity contribution is -0.384. The van der Waals surface area contributed by atoms with Crippen molar-refractivity contribution in [1.29, 1.82) is 0 Å². The summed E-state index contributed by atoms with van der Waals surface area (Å²) >= 11 is 2.38. The van der Waals surface area contributed by atoms with E-state index in [4.69, 9.17) is 0 Å². The molecule has 1 saturated heterocycles. The van der Waals surface area contributed by atoms with Gasteiger partial charge < -0.3 is 5.11 Å². The van der Waals surface area contributed by atoms with Crippen LogP contribution >= 0.6 is 23.1 Å². The minimum absolute atomic E-state index is 0.0974. The molecule has 1 fully saturated rings. The van der Waals surface area contributed by atoms with Crippen LogP contribution in [0.4, 0.5) is 15.2 Å². The number of non-ortho nitro benzene ring substituents is 1. The van der Waals surface area contributed by atoms with E-state index in [0.717, 1.165) is 27.4 Å². The molecule has 1 aliphatic rings. The minimum atomic E-state index is -1.18. The number of carbonyl (C=O) groups is 2. The fourth-order valence-corrected chi connectivity index (χ4v) is 6.20. The summed E-state index contributed by atoms with van der Waals surface area (Å²) in [5.74, 6) is -2.13. The van der Waals surface area contributed by atoms with Gasteiger partial charge in [-0.15, -0.1) is 10.2 Å². The normalized spacial score (nSPS) is 16.5. The summed E-state index contributed by atoms with van der Waals surface area (Å²) in [6, 6.07) is 15.8. The lowest BCUT2D eigenvalue weighted by Gasteiger charge is -2.22. The van der Waals surface area contributed by atoms with Crippen molar-refractivity contribution in [2.24, 2.45) is 0 Å². The Labute approximate surface area is 236 Å². The van der Waals surface area contributed by atoms with Crippen LogP contribution in [0.3, 0.4) is 0 Å². The molecule has 12 heteroatoms. The predicted molar refractivity (Wildman–Crippen MR) is 150 cm³/mol. The Bertz CT molecular complexity index is 1690. The van der Waals surface area contributed by atoms with Gasteiger partial charge in [0, 0.05) is 23.4 Å². The summed E-state index contributed by atoms with van der Waals surface area (Å²) in [6.07, 6.45) is 0. The summed E-state index contributed by atoms with van der Waals surface area (Å²) < 4.78 is 13.7. The Kier molecular flexibility index (Phi) is 7.46. The number of amides is 1. The Morgan fingerprint density at radius 3 is 2.58 bits per heavy atom. The SMILES string of the molecule is Cc1ccc(C)c(/C(O)=C2\C(=O)C(=O)N(c3nnc(SCc4ccc(F)cc4)s3)C2c2cccc([N+](=O)[O-])c2)c1. The van der Waals surface area contributed by atoms with E-state index in [1.54, 1.807) is 37.3 Å². The van der Waals surface area contributed by atoms with E-state index in [0.29, 0.717) is 21.2 Å². The lowest BCUT2D eigenvalue weighted by Crippen LogP contribution is -2.29. The molecule has 0 bridgehead atoms. The van der Waals surface area contributed by atoms with Crippen LogP contribution in [-0.4, -0.2) is 31.9 Å². The Hall–Kier alpha value is -4.42. The summed E-state index contributed by atoms with van der Waals surface area (Å²) in [7, 11) is 0. The topological polar surface area (TPSA) is 127 Å². The maximum Gasteiger partial charge on any atom is 0.301 e. The van der Waals surface area contributed by atoms with E-state index in [1.807, 2.05) is 13.0 Å².